The van der Waals surface area contributed by atoms with Crippen LogP contribution in [0.3, 0.4) is 0 Å². The Balaban J connectivity index is 1.83. The van der Waals surface area contributed by atoms with E-state index < -0.39 is 5.95 Å². The molecule has 0 saturated carbocycles. The molecular weight excluding hydrogens is 331 g/mol. The number of hydrogen-bond acceptors (Lipinski definition) is 5. The van der Waals surface area contributed by atoms with Crippen LogP contribution in [0.1, 0.15) is 5.69 Å². The fourth-order valence-corrected chi connectivity index (χ4v) is 2.60. The van der Waals surface area contributed by atoms with E-state index in [1.165, 1.54) is 10.9 Å². The van der Waals surface area contributed by atoms with Crippen LogP contribution in [0.25, 0.3) is 28.1 Å². The zero-order chi connectivity index (χ0) is 16.7. The van der Waals surface area contributed by atoms with Crippen molar-refractivity contribution in [1.82, 2.24) is 29.9 Å². The lowest BCUT2D eigenvalue weighted by atomic mass is 10.2. The van der Waals surface area contributed by atoms with Gasteiger partial charge in [-0.05, 0) is 43.3 Å². The van der Waals surface area contributed by atoms with E-state index in [1.807, 2.05) is 6.07 Å². The highest BCUT2D eigenvalue weighted by Gasteiger charge is 2.16. The Morgan fingerprint density at radius 1 is 1.04 bits per heavy atom. The maximum Gasteiger partial charge on any atom is 0.238 e. The maximum absolute atomic E-state index is 13.9. The Morgan fingerprint density at radius 3 is 2.67 bits per heavy atom. The first-order valence-corrected chi connectivity index (χ1v) is 7.48. The lowest BCUT2D eigenvalue weighted by molar-refractivity contribution is 0.564. The first kappa shape index (κ1) is 14.6. The van der Waals surface area contributed by atoms with Crippen LogP contribution in [0.5, 0.6) is 0 Å². The summed E-state index contributed by atoms with van der Waals surface area (Å²) < 4.78 is 15.3. The van der Waals surface area contributed by atoms with Gasteiger partial charge >= 0.3 is 0 Å². The molecule has 0 radical (unpaired) electrons. The Kier molecular flexibility index (Phi) is 3.42. The average molecular weight is 341 g/mol. The van der Waals surface area contributed by atoms with Crippen molar-refractivity contribution in [1.29, 1.82) is 0 Å². The largest absolute Gasteiger partial charge is 0.244 e. The molecule has 0 bridgehead atoms. The van der Waals surface area contributed by atoms with Crippen LogP contribution in [0, 0.1) is 12.9 Å². The van der Waals surface area contributed by atoms with E-state index in [9.17, 15) is 4.39 Å². The molecule has 0 N–H and O–H groups in total. The summed E-state index contributed by atoms with van der Waals surface area (Å²) in [7, 11) is 0. The van der Waals surface area contributed by atoms with Crippen molar-refractivity contribution in [2.75, 3.05) is 0 Å². The van der Waals surface area contributed by atoms with Crippen molar-refractivity contribution < 1.29 is 4.39 Å². The number of fused-ring (bicyclic) bond motifs is 1. The molecule has 6 nitrogen and oxygen atoms in total. The normalized spacial score (nSPS) is 11.1. The summed E-state index contributed by atoms with van der Waals surface area (Å²) in [4.78, 5) is 12.4. The van der Waals surface area contributed by atoms with E-state index in [0.717, 1.165) is 0 Å². The second kappa shape index (κ2) is 5.61. The third kappa shape index (κ3) is 2.39. The molecule has 4 heterocycles. The zero-order valence-electron chi connectivity index (χ0n) is 12.5. The average Bonchev–Trinajstić information content (AvgIpc) is 2.96. The molecule has 0 saturated heterocycles. The van der Waals surface area contributed by atoms with Crippen LogP contribution in [-0.2, 0) is 0 Å². The highest BCUT2D eigenvalue weighted by Crippen LogP contribution is 2.24. The van der Waals surface area contributed by atoms with E-state index >= 15 is 0 Å². The van der Waals surface area contributed by atoms with Gasteiger partial charge in [-0.15, -0.1) is 5.10 Å². The minimum atomic E-state index is -0.609. The van der Waals surface area contributed by atoms with Crippen LogP contribution in [0.15, 0.2) is 42.6 Å². The van der Waals surface area contributed by atoms with Gasteiger partial charge in [-0.25, -0.2) is 19.6 Å². The second-order valence-corrected chi connectivity index (χ2v) is 5.50. The van der Waals surface area contributed by atoms with E-state index in [4.69, 9.17) is 11.6 Å². The molecule has 0 aromatic carbocycles. The number of rotatable bonds is 2. The summed E-state index contributed by atoms with van der Waals surface area (Å²) in [5.41, 5.74) is 3.47. The van der Waals surface area contributed by atoms with E-state index in [2.05, 4.69) is 25.3 Å². The minimum Gasteiger partial charge on any atom is -0.244 e. The summed E-state index contributed by atoms with van der Waals surface area (Å²) in [6.45, 7) is 1.80. The van der Waals surface area contributed by atoms with Gasteiger partial charge < -0.3 is 0 Å². The lowest BCUT2D eigenvalue weighted by Gasteiger charge is -2.04. The van der Waals surface area contributed by atoms with Crippen molar-refractivity contribution in [3.8, 4) is 17.1 Å². The summed E-state index contributed by atoms with van der Waals surface area (Å²) in [6, 6.07) is 10.3. The number of nitrogens with zero attached hydrogens (tertiary/aromatic N) is 6. The Hall–Kier alpha value is -2.93. The third-order valence-corrected chi connectivity index (χ3v) is 3.82. The van der Waals surface area contributed by atoms with Gasteiger partial charge in [-0.2, -0.15) is 4.39 Å². The molecule has 0 fully saturated rings. The monoisotopic (exact) mass is 340 g/mol. The number of hydrogen-bond donors (Lipinski definition) is 0. The summed E-state index contributed by atoms with van der Waals surface area (Å²) in [5.74, 6) is -0.609. The fourth-order valence-electron chi connectivity index (χ4n) is 2.45. The molecule has 4 aromatic heterocycles. The van der Waals surface area contributed by atoms with E-state index in [1.54, 1.807) is 37.3 Å². The Morgan fingerprint density at radius 2 is 1.83 bits per heavy atom. The molecule has 0 spiro atoms. The zero-order valence-corrected chi connectivity index (χ0v) is 13.2. The molecule has 8 heteroatoms. The van der Waals surface area contributed by atoms with Crippen LogP contribution in [0.2, 0.25) is 5.15 Å². The smallest absolute Gasteiger partial charge is 0.238 e. The number of halogens is 2. The first-order valence-electron chi connectivity index (χ1n) is 7.10. The van der Waals surface area contributed by atoms with Crippen LogP contribution >= 0.6 is 11.6 Å². The van der Waals surface area contributed by atoms with Gasteiger partial charge in [0, 0.05) is 6.20 Å². The number of pyridine rings is 3. The molecule has 4 rings (SSSR count). The summed E-state index contributed by atoms with van der Waals surface area (Å²) in [6.07, 6.45) is 1.38. The van der Waals surface area contributed by atoms with Crippen LogP contribution < -0.4 is 0 Å². The van der Waals surface area contributed by atoms with Gasteiger partial charge in [0.05, 0.1) is 22.4 Å². The quantitative estimate of drug-likeness (QED) is 0.523. The predicted molar refractivity (Wildman–Crippen MR) is 87.4 cm³/mol. The molecule has 0 aliphatic carbocycles. The molecule has 0 aliphatic rings. The van der Waals surface area contributed by atoms with Crippen molar-refractivity contribution in [3.63, 3.8) is 0 Å². The minimum absolute atomic E-state index is 0.239. The first-order chi connectivity index (χ1) is 11.6. The Bertz CT molecular complexity index is 1060. The number of aromatic nitrogens is 6. The van der Waals surface area contributed by atoms with Gasteiger partial charge in [0.15, 0.2) is 0 Å². The molecule has 4 aromatic rings. The van der Waals surface area contributed by atoms with Crippen molar-refractivity contribution in [3.05, 3.63) is 59.4 Å². The van der Waals surface area contributed by atoms with Gasteiger partial charge in [0.1, 0.15) is 16.5 Å². The molecule has 0 aliphatic heterocycles. The highest BCUT2D eigenvalue weighted by atomic mass is 35.5. The Labute approximate surface area is 141 Å². The second-order valence-electron chi connectivity index (χ2n) is 5.12. The molecule has 118 valence electrons. The molecule has 0 amide bonds. The van der Waals surface area contributed by atoms with Crippen LogP contribution in [0.4, 0.5) is 4.39 Å². The van der Waals surface area contributed by atoms with Crippen molar-refractivity contribution in [2.24, 2.45) is 0 Å². The molecule has 24 heavy (non-hydrogen) atoms. The third-order valence-electron chi connectivity index (χ3n) is 3.61. The lowest BCUT2D eigenvalue weighted by Crippen LogP contribution is -2.03. The topological polar surface area (TPSA) is 69.4 Å². The van der Waals surface area contributed by atoms with Gasteiger partial charge in [0.25, 0.3) is 0 Å². The van der Waals surface area contributed by atoms with Gasteiger partial charge in [0.2, 0.25) is 5.95 Å². The van der Waals surface area contributed by atoms with Gasteiger partial charge in [-0.1, -0.05) is 16.8 Å². The SMILES string of the molecule is Cc1c(-c2ccc3nc(Cl)ccc3n2)nnn1-c1cccnc1F. The fraction of sp³-hybridized carbons (Fsp3) is 0.0625. The van der Waals surface area contributed by atoms with Crippen molar-refractivity contribution >= 4 is 22.6 Å². The standard InChI is InChI=1S/C16H10ClFN6/c1-9-15(22-23-24(9)13-3-2-8-19-16(13)18)12-5-4-11-10(20-12)6-7-14(17)21-11/h2-8H,1H3. The van der Waals surface area contributed by atoms with Gasteiger partial charge in [-0.3, -0.25) is 0 Å². The highest BCUT2D eigenvalue weighted by molar-refractivity contribution is 6.29. The maximum atomic E-state index is 13.9. The van der Waals surface area contributed by atoms with Crippen molar-refractivity contribution in [2.45, 2.75) is 6.92 Å². The van der Waals surface area contributed by atoms with Crippen LogP contribution in [-0.4, -0.2) is 29.9 Å². The van der Waals surface area contributed by atoms with E-state index in [0.29, 0.717) is 33.3 Å². The van der Waals surface area contributed by atoms with E-state index in [-0.39, 0.29) is 5.69 Å². The summed E-state index contributed by atoms with van der Waals surface area (Å²) in [5, 5.41) is 8.57. The predicted octanol–water partition coefficient (Wildman–Crippen LogP) is 3.37. The summed E-state index contributed by atoms with van der Waals surface area (Å²) >= 11 is 5.88. The molecule has 0 atom stereocenters. The molecule has 0 unspecified atom stereocenters. The molecular formula is C16H10ClFN6.